The van der Waals surface area contributed by atoms with Crippen molar-refractivity contribution in [2.24, 2.45) is 0 Å². The number of halogens is 2. The van der Waals surface area contributed by atoms with Crippen molar-refractivity contribution in [3.63, 3.8) is 0 Å². The van der Waals surface area contributed by atoms with Gasteiger partial charge in [0.05, 0.1) is 11.6 Å². The van der Waals surface area contributed by atoms with E-state index in [0.717, 1.165) is 72.4 Å². The van der Waals surface area contributed by atoms with Crippen LogP contribution >= 0.6 is 31.9 Å². The molecule has 1 aliphatic heterocycles. The van der Waals surface area contributed by atoms with Gasteiger partial charge in [0.2, 0.25) is 6.41 Å². The molecular weight excluding hydrogens is 560 g/mol. The molecule has 0 radical (unpaired) electrons. The second-order valence-electron chi connectivity index (χ2n) is 8.49. The number of amides is 1. The van der Waals surface area contributed by atoms with Gasteiger partial charge in [-0.05, 0) is 58.6 Å². The molecule has 0 aromatic carbocycles. The lowest BCUT2D eigenvalue weighted by Crippen LogP contribution is -2.46. The summed E-state index contributed by atoms with van der Waals surface area (Å²) in [6.07, 6.45) is 15.5. The van der Waals surface area contributed by atoms with Gasteiger partial charge in [0.1, 0.15) is 5.69 Å². The van der Waals surface area contributed by atoms with Gasteiger partial charge in [-0.25, -0.2) is 0 Å². The van der Waals surface area contributed by atoms with E-state index in [9.17, 15) is 4.79 Å². The molecule has 1 amide bonds. The third kappa shape index (κ3) is 7.42. The second kappa shape index (κ2) is 13.1. The van der Waals surface area contributed by atoms with Crippen molar-refractivity contribution in [1.29, 1.82) is 0 Å². The first-order valence-corrected chi connectivity index (χ1v) is 12.9. The molecule has 2 heterocycles. The Kier molecular flexibility index (Phi) is 10.2. The summed E-state index contributed by atoms with van der Waals surface area (Å²) < 4.78 is 7.76. The summed E-state index contributed by atoms with van der Waals surface area (Å²) in [6.45, 7) is 5.21. The Balaban J connectivity index is 0.000000588. The summed E-state index contributed by atoms with van der Waals surface area (Å²) in [5.41, 5.74) is 4.87. The summed E-state index contributed by atoms with van der Waals surface area (Å²) in [7, 11) is 5.08. The number of hydrogen-bond acceptors (Lipinski definition) is 5. The van der Waals surface area contributed by atoms with Crippen molar-refractivity contribution >= 4 is 44.0 Å². The molecule has 3 aliphatic rings. The average molecular weight is 592 g/mol. The van der Waals surface area contributed by atoms with Crippen LogP contribution in [0.25, 0.3) is 5.76 Å². The lowest BCUT2D eigenvalue weighted by atomic mass is 10.0. The van der Waals surface area contributed by atoms with E-state index < -0.39 is 0 Å². The van der Waals surface area contributed by atoms with Gasteiger partial charge in [-0.2, -0.15) is 0 Å². The number of carbonyl (C=O) groups excluding carboxylic acids is 1. The van der Waals surface area contributed by atoms with Crippen LogP contribution in [0.4, 0.5) is 0 Å². The van der Waals surface area contributed by atoms with Gasteiger partial charge in [0.15, 0.2) is 5.76 Å². The van der Waals surface area contributed by atoms with Gasteiger partial charge >= 0.3 is 0 Å². The Labute approximate surface area is 219 Å². The van der Waals surface area contributed by atoms with Crippen LogP contribution in [-0.2, 0) is 16.0 Å². The Morgan fingerprint density at radius 1 is 1.15 bits per heavy atom. The van der Waals surface area contributed by atoms with E-state index in [1.807, 2.05) is 12.3 Å². The molecule has 0 N–H and O–H groups in total. The van der Waals surface area contributed by atoms with Gasteiger partial charge in [-0.3, -0.25) is 14.7 Å². The number of rotatable bonds is 5. The largest absolute Gasteiger partial charge is 0.493 e. The number of aromatic nitrogens is 1. The Morgan fingerprint density at radius 3 is 2.56 bits per heavy atom. The second-order valence-corrected chi connectivity index (χ2v) is 10.3. The first-order chi connectivity index (χ1) is 16.4. The molecule has 182 valence electrons. The zero-order chi connectivity index (χ0) is 24.5. The normalized spacial score (nSPS) is 18.4. The maximum absolute atomic E-state index is 9.43. The molecule has 6 nitrogen and oxygen atoms in total. The number of carbonyl (C=O) groups is 1. The standard InChI is InChI=1S/C23H25Br2N3O.C3H7NO/c1-29-23-21(25)15-17(14-18-4-3-9-26-22(18)23)16-27-10-12-28(13-11-27)20-6-2-5-19(24)7-8-20;1-4(2)3-5/h3-9,15H,2,10-14,16H2,1H3;3H,1-2H3. The van der Waals surface area contributed by atoms with Crippen LogP contribution in [0.3, 0.4) is 0 Å². The number of ether oxygens (including phenoxy) is 1. The summed E-state index contributed by atoms with van der Waals surface area (Å²) in [4.78, 5) is 20.5. The molecule has 1 aromatic rings. The molecule has 4 rings (SSSR count). The average Bonchev–Trinajstić information content (AvgIpc) is 3.13. The molecule has 0 atom stereocenters. The Hall–Kier alpha value is -2.16. The molecule has 1 saturated heterocycles. The summed E-state index contributed by atoms with van der Waals surface area (Å²) in [6, 6.07) is 4.15. The number of allylic oxidation sites excluding steroid dienone is 7. The highest BCUT2D eigenvalue weighted by Crippen LogP contribution is 2.31. The Bertz CT molecular complexity index is 1020. The van der Waals surface area contributed by atoms with E-state index in [2.05, 4.69) is 83.1 Å². The third-order valence-corrected chi connectivity index (χ3v) is 6.88. The quantitative estimate of drug-likeness (QED) is 0.464. The fourth-order valence-corrected chi connectivity index (χ4v) is 5.01. The molecule has 34 heavy (non-hydrogen) atoms. The predicted molar refractivity (Wildman–Crippen MR) is 145 cm³/mol. The molecule has 0 saturated carbocycles. The molecule has 2 aliphatic carbocycles. The zero-order valence-corrected chi connectivity index (χ0v) is 23.2. The maximum atomic E-state index is 9.43. The molecule has 8 heteroatoms. The third-order valence-electron chi connectivity index (χ3n) is 5.70. The summed E-state index contributed by atoms with van der Waals surface area (Å²) >= 11 is 7.28. The van der Waals surface area contributed by atoms with E-state index in [0.29, 0.717) is 0 Å². The fourth-order valence-electron chi connectivity index (χ4n) is 4.01. The molecule has 0 bridgehead atoms. The van der Waals surface area contributed by atoms with Gasteiger partial charge < -0.3 is 14.5 Å². The fraction of sp³-hybridized carbons (Fsp3) is 0.385. The summed E-state index contributed by atoms with van der Waals surface area (Å²) in [5, 5.41) is 0. The highest BCUT2D eigenvalue weighted by molar-refractivity contribution is 9.12. The van der Waals surface area contributed by atoms with Crippen LogP contribution in [0.1, 0.15) is 17.7 Å². The minimum absolute atomic E-state index is 0.750. The summed E-state index contributed by atoms with van der Waals surface area (Å²) in [5.74, 6) is 0.812. The van der Waals surface area contributed by atoms with Gasteiger partial charge in [0.25, 0.3) is 0 Å². The van der Waals surface area contributed by atoms with Crippen molar-refractivity contribution in [3.8, 4) is 0 Å². The maximum Gasteiger partial charge on any atom is 0.209 e. The van der Waals surface area contributed by atoms with Crippen LogP contribution < -0.4 is 0 Å². The highest BCUT2D eigenvalue weighted by atomic mass is 79.9. The van der Waals surface area contributed by atoms with Crippen LogP contribution in [-0.4, -0.2) is 80.0 Å². The minimum Gasteiger partial charge on any atom is -0.493 e. The van der Waals surface area contributed by atoms with E-state index >= 15 is 0 Å². The van der Waals surface area contributed by atoms with E-state index in [4.69, 9.17) is 4.74 Å². The van der Waals surface area contributed by atoms with E-state index in [1.165, 1.54) is 21.7 Å². The van der Waals surface area contributed by atoms with Crippen LogP contribution in [0.2, 0.25) is 0 Å². The number of nitrogens with zero attached hydrogens (tertiary/aromatic N) is 4. The van der Waals surface area contributed by atoms with Crippen molar-refractivity contribution < 1.29 is 9.53 Å². The van der Waals surface area contributed by atoms with Crippen LogP contribution in [0.5, 0.6) is 0 Å². The number of fused-ring (bicyclic) bond motifs is 1. The van der Waals surface area contributed by atoms with Crippen molar-refractivity contribution in [3.05, 3.63) is 80.2 Å². The van der Waals surface area contributed by atoms with Crippen LogP contribution in [0, 0.1) is 0 Å². The number of pyridine rings is 1. The smallest absolute Gasteiger partial charge is 0.209 e. The lowest BCUT2D eigenvalue weighted by molar-refractivity contribution is -0.115. The topological polar surface area (TPSA) is 48.9 Å². The van der Waals surface area contributed by atoms with Crippen molar-refractivity contribution in [2.45, 2.75) is 12.8 Å². The number of piperazine rings is 1. The molecule has 1 aromatic heterocycles. The number of hydrogen-bond donors (Lipinski definition) is 0. The van der Waals surface area contributed by atoms with Gasteiger partial charge in [-0.15, -0.1) is 0 Å². The Morgan fingerprint density at radius 2 is 1.88 bits per heavy atom. The van der Waals surface area contributed by atoms with E-state index in [-0.39, 0.29) is 0 Å². The SMILES string of the molecule is CN(C)C=O.COC1=C(Br)C=C(CN2CCN(C3=CCC=C(Br)C=C3)CC2)Cc2cccnc21. The lowest BCUT2D eigenvalue weighted by Gasteiger charge is -2.37. The molecule has 0 spiro atoms. The first-order valence-electron chi connectivity index (χ1n) is 11.3. The van der Waals surface area contributed by atoms with Gasteiger partial charge in [0, 0.05) is 63.2 Å². The van der Waals surface area contributed by atoms with Crippen LogP contribution in [0.15, 0.2) is 68.9 Å². The molecular formula is C26H32Br2N4O2. The van der Waals surface area contributed by atoms with E-state index in [1.54, 1.807) is 21.2 Å². The highest BCUT2D eigenvalue weighted by Gasteiger charge is 2.22. The molecule has 0 unspecified atom stereocenters. The van der Waals surface area contributed by atoms with Gasteiger partial charge in [-0.1, -0.05) is 39.7 Å². The van der Waals surface area contributed by atoms with Crippen molar-refractivity contribution in [2.75, 3.05) is 53.9 Å². The van der Waals surface area contributed by atoms with Crippen molar-refractivity contribution in [1.82, 2.24) is 19.7 Å². The minimum atomic E-state index is 0.750. The first kappa shape index (κ1) is 26.4. The zero-order valence-electron chi connectivity index (χ0n) is 20.0. The monoisotopic (exact) mass is 590 g/mol. The number of methoxy groups -OCH3 is 1. The molecule has 1 fully saturated rings. The predicted octanol–water partition coefficient (Wildman–Crippen LogP) is 4.72.